The van der Waals surface area contributed by atoms with Crippen molar-refractivity contribution in [1.82, 2.24) is 0 Å². The summed E-state index contributed by atoms with van der Waals surface area (Å²) in [6, 6.07) is 6.93. The van der Waals surface area contributed by atoms with Gasteiger partial charge in [0.2, 0.25) is 0 Å². The fraction of sp³-hybridized carbons (Fsp3) is 0.483. The number of ether oxygens (including phenoxy) is 3. The molecule has 1 aliphatic heterocycles. The van der Waals surface area contributed by atoms with Gasteiger partial charge in [-0.05, 0) is 69.4 Å². The third kappa shape index (κ3) is 5.99. The number of rotatable bonds is 7. The number of nitrogens with zero attached hydrogens (tertiary/aromatic N) is 1. The number of amides is 2. The Hall–Kier alpha value is -3.86. The van der Waals surface area contributed by atoms with E-state index in [9.17, 15) is 23.9 Å². The van der Waals surface area contributed by atoms with Gasteiger partial charge >= 0.3 is 12.1 Å². The lowest BCUT2D eigenvalue weighted by molar-refractivity contribution is -0.146. The number of esters is 1. The number of halogens is 1. The first-order valence-electron chi connectivity index (χ1n) is 13.4. The van der Waals surface area contributed by atoms with Crippen molar-refractivity contribution in [1.29, 1.82) is 0 Å². The Morgan fingerprint density at radius 3 is 2.55 bits per heavy atom. The van der Waals surface area contributed by atoms with E-state index in [-0.39, 0.29) is 35.3 Å². The minimum atomic E-state index is -1.73. The Labute approximate surface area is 232 Å². The Balaban J connectivity index is 1.71. The highest BCUT2D eigenvalue weighted by Crippen LogP contribution is 2.42. The van der Waals surface area contributed by atoms with Crippen LogP contribution < -0.4 is 20.3 Å². The second-order valence-corrected chi connectivity index (χ2v) is 10.2. The second-order valence-electron chi connectivity index (χ2n) is 10.2. The summed E-state index contributed by atoms with van der Waals surface area (Å²) >= 11 is 0. The van der Waals surface area contributed by atoms with Crippen molar-refractivity contribution in [3.63, 3.8) is 0 Å². The molecule has 40 heavy (non-hydrogen) atoms. The Bertz CT molecular complexity index is 1270. The molecule has 0 aromatic heterocycles. The van der Waals surface area contributed by atoms with Gasteiger partial charge in [0.05, 0.1) is 44.3 Å². The summed E-state index contributed by atoms with van der Waals surface area (Å²) in [5.74, 6) is -1.73. The standard InChI is InChI=1S/C29H36FN3O7/c1-16-8-10-20-23(33(16)29(37)40-4)12-11-22(31-19-7-5-6-17(14-19)28(36)39-3)25(20)32-27(35)26(34)21-15-18(30)9-13-24(21)38-2/h9,11-13,15-17,19,26,31,34H,5-8,10,14H2,1-4H3,(H,32,35)/t16?,17-,19-,26?/m1/s1. The molecule has 2 unspecified atom stereocenters. The molecule has 0 spiro atoms. The molecule has 216 valence electrons. The molecule has 2 aromatic carbocycles. The highest BCUT2D eigenvalue weighted by molar-refractivity contribution is 6.01. The summed E-state index contributed by atoms with van der Waals surface area (Å²) in [5, 5.41) is 17.2. The number of hydrogen-bond acceptors (Lipinski definition) is 8. The van der Waals surface area contributed by atoms with Gasteiger partial charge in [-0.1, -0.05) is 6.42 Å². The van der Waals surface area contributed by atoms with Crippen LogP contribution in [0.5, 0.6) is 5.75 Å². The summed E-state index contributed by atoms with van der Waals surface area (Å²) in [6.45, 7) is 1.92. The first-order valence-corrected chi connectivity index (χ1v) is 13.4. The topological polar surface area (TPSA) is 126 Å². The van der Waals surface area contributed by atoms with Crippen molar-refractivity contribution in [2.24, 2.45) is 5.92 Å². The van der Waals surface area contributed by atoms with Gasteiger partial charge in [-0.15, -0.1) is 0 Å². The molecular weight excluding hydrogens is 521 g/mol. The number of carbonyl (C=O) groups is 3. The maximum Gasteiger partial charge on any atom is 0.414 e. The molecule has 0 saturated heterocycles. The molecule has 3 N–H and O–H groups in total. The third-order valence-corrected chi connectivity index (χ3v) is 7.72. The number of methoxy groups -OCH3 is 3. The maximum absolute atomic E-state index is 14.0. The van der Waals surface area contributed by atoms with Crippen LogP contribution in [0.3, 0.4) is 0 Å². The lowest BCUT2D eigenvalue weighted by atomic mass is 9.85. The number of anilines is 3. The number of benzene rings is 2. The monoisotopic (exact) mass is 557 g/mol. The van der Waals surface area contributed by atoms with Crippen LogP contribution in [-0.4, -0.2) is 56.5 Å². The van der Waals surface area contributed by atoms with Crippen molar-refractivity contribution < 1.29 is 38.1 Å². The lowest BCUT2D eigenvalue weighted by Gasteiger charge is -2.36. The van der Waals surface area contributed by atoms with Crippen LogP contribution in [0.4, 0.5) is 26.2 Å². The van der Waals surface area contributed by atoms with Crippen molar-refractivity contribution >= 4 is 35.0 Å². The maximum atomic E-state index is 14.0. The molecule has 2 aliphatic rings. The molecule has 4 rings (SSSR count). The van der Waals surface area contributed by atoms with Crippen molar-refractivity contribution in [2.45, 2.75) is 63.6 Å². The lowest BCUT2D eigenvalue weighted by Crippen LogP contribution is -2.42. The van der Waals surface area contributed by atoms with Gasteiger partial charge in [0, 0.05) is 23.2 Å². The first kappa shape index (κ1) is 29.1. The number of nitrogens with one attached hydrogen (secondary N) is 2. The molecule has 10 nitrogen and oxygen atoms in total. The van der Waals surface area contributed by atoms with Crippen LogP contribution in [-0.2, 0) is 25.5 Å². The molecule has 2 amide bonds. The zero-order valence-electron chi connectivity index (χ0n) is 23.2. The van der Waals surface area contributed by atoms with Gasteiger partial charge in [-0.2, -0.15) is 0 Å². The highest BCUT2D eigenvalue weighted by atomic mass is 19.1. The molecule has 0 radical (unpaired) electrons. The van der Waals surface area contributed by atoms with E-state index < -0.39 is 23.9 Å². The third-order valence-electron chi connectivity index (χ3n) is 7.72. The average Bonchev–Trinajstić information content (AvgIpc) is 2.96. The zero-order chi connectivity index (χ0) is 29.0. The van der Waals surface area contributed by atoms with E-state index in [1.807, 2.05) is 6.92 Å². The number of aliphatic hydroxyl groups excluding tert-OH is 1. The number of hydrogen-bond donors (Lipinski definition) is 3. The first-order chi connectivity index (χ1) is 19.2. The van der Waals surface area contributed by atoms with Crippen LogP contribution in [0.25, 0.3) is 0 Å². The summed E-state index contributed by atoms with van der Waals surface area (Å²) in [7, 11) is 4.06. The average molecular weight is 558 g/mol. The molecule has 1 saturated carbocycles. The van der Waals surface area contributed by atoms with Crippen LogP contribution >= 0.6 is 0 Å². The Morgan fingerprint density at radius 2 is 1.85 bits per heavy atom. The van der Waals surface area contributed by atoms with E-state index >= 15 is 0 Å². The Kier molecular flexibility index (Phi) is 9.14. The number of fused-ring (bicyclic) bond motifs is 1. The molecule has 1 fully saturated rings. The predicted molar refractivity (Wildman–Crippen MR) is 147 cm³/mol. The van der Waals surface area contributed by atoms with Gasteiger partial charge in [-0.25, -0.2) is 9.18 Å². The van der Waals surface area contributed by atoms with Crippen LogP contribution in [0, 0.1) is 11.7 Å². The van der Waals surface area contributed by atoms with Crippen LogP contribution in [0.15, 0.2) is 30.3 Å². The molecule has 1 heterocycles. The van der Waals surface area contributed by atoms with E-state index in [1.54, 1.807) is 12.1 Å². The molecule has 11 heteroatoms. The van der Waals surface area contributed by atoms with Gasteiger partial charge in [0.15, 0.2) is 6.10 Å². The van der Waals surface area contributed by atoms with Crippen molar-refractivity contribution in [3.8, 4) is 5.75 Å². The number of carbonyl (C=O) groups excluding carboxylic acids is 3. The molecule has 1 aliphatic carbocycles. The smallest absolute Gasteiger partial charge is 0.414 e. The van der Waals surface area contributed by atoms with Crippen LogP contribution in [0.2, 0.25) is 0 Å². The predicted octanol–water partition coefficient (Wildman–Crippen LogP) is 4.56. The van der Waals surface area contributed by atoms with Crippen LogP contribution in [0.1, 0.15) is 56.3 Å². The molecule has 2 aromatic rings. The van der Waals surface area contributed by atoms with E-state index in [1.165, 1.54) is 38.4 Å². The summed E-state index contributed by atoms with van der Waals surface area (Å²) in [5.41, 5.74) is 2.25. The fourth-order valence-corrected chi connectivity index (χ4v) is 5.65. The van der Waals surface area contributed by atoms with E-state index in [4.69, 9.17) is 14.2 Å². The molecular formula is C29H36FN3O7. The minimum Gasteiger partial charge on any atom is -0.496 e. The zero-order valence-corrected chi connectivity index (χ0v) is 23.2. The van der Waals surface area contributed by atoms with Gasteiger partial charge in [0.25, 0.3) is 5.91 Å². The quantitative estimate of drug-likeness (QED) is 0.423. The molecule has 4 atom stereocenters. The number of aliphatic hydroxyl groups is 1. The fourth-order valence-electron chi connectivity index (χ4n) is 5.65. The summed E-state index contributed by atoms with van der Waals surface area (Å²) < 4.78 is 29.2. The largest absolute Gasteiger partial charge is 0.496 e. The van der Waals surface area contributed by atoms with Gasteiger partial charge in [0.1, 0.15) is 11.6 Å². The summed E-state index contributed by atoms with van der Waals surface area (Å²) in [4.78, 5) is 39.8. The SMILES string of the molecule is COC(=O)[C@@H]1CCC[C@@H](Nc2ccc3c(c2NC(=O)C(O)c2cc(F)ccc2OC)CCC(C)N3C(=O)OC)C1. The highest BCUT2D eigenvalue weighted by Gasteiger charge is 2.34. The van der Waals surface area contributed by atoms with Gasteiger partial charge in [-0.3, -0.25) is 14.5 Å². The van der Waals surface area contributed by atoms with E-state index in [0.717, 1.165) is 25.3 Å². The van der Waals surface area contributed by atoms with E-state index in [0.29, 0.717) is 41.9 Å². The van der Waals surface area contributed by atoms with Crippen molar-refractivity contribution in [2.75, 3.05) is 36.9 Å². The van der Waals surface area contributed by atoms with Gasteiger partial charge < -0.3 is 30.0 Å². The molecule has 0 bridgehead atoms. The normalized spacial score (nSPS) is 21.1. The second kappa shape index (κ2) is 12.5. The Morgan fingerprint density at radius 1 is 1.07 bits per heavy atom. The summed E-state index contributed by atoms with van der Waals surface area (Å²) in [6.07, 6.45) is 1.85. The minimum absolute atomic E-state index is 0.0164. The van der Waals surface area contributed by atoms with E-state index in [2.05, 4.69) is 10.6 Å². The van der Waals surface area contributed by atoms with Crippen molar-refractivity contribution in [3.05, 3.63) is 47.3 Å².